The molecule has 4 aromatic rings. The van der Waals surface area contributed by atoms with Gasteiger partial charge < -0.3 is 9.47 Å². The number of aromatic nitrogens is 2. The third-order valence-corrected chi connectivity index (χ3v) is 4.43. The Morgan fingerprint density at radius 2 is 1.09 bits per heavy atom. The van der Waals surface area contributed by atoms with E-state index in [9.17, 15) is 0 Å². The summed E-state index contributed by atoms with van der Waals surface area (Å²) in [5.41, 5.74) is 3.96. The van der Waals surface area contributed by atoms with E-state index in [0.29, 0.717) is 25.0 Å². The molecule has 6 heteroatoms. The summed E-state index contributed by atoms with van der Waals surface area (Å²) in [7, 11) is 0. The highest BCUT2D eigenvalue weighted by atomic mass is 16.5. The van der Waals surface area contributed by atoms with E-state index in [1.54, 1.807) is 24.8 Å². The number of nitrogens with zero attached hydrogens (tertiary/aromatic N) is 4. The highest BCUT2D eigenvalue weighted by Crippen LogP contribution is 2.11. The summed E-state index contributed by atoms with van der Waals surface area (Å²) in [6.07, 6.45) is 6.85. The first-order valence-corrected chi connectivity index (χ1v) is 10.2. The molecule has 32 heavy (non-hydrogen) atoms. The van der Waals surface area contributed by atoms with Crippen molar-refractivity contribution >= 4 is 12.4 Å². The maximum atomic E-state index is 5.69. The second kappa shape index (κ2) is 11.2. The van der Waals surface area contributed by atoms with Gasteiger partial charge in [0.05, 0.1) is 12.4 Å². The molecule has 2 aromatic carbocycles. The Hall–Kier alpha value is -4.32. The molecule has 0 fully saturated rings. The van der Waals surface area contributed by atoms with Gasteiger partial charge in [0.15, 0.2) is 0 Å². The summed E-state index contributed by atoms with van der Waals surface area (Å²) in [4.78, 5) is 8.32. The molecule has 0 bridgehead atoms. The van der Waals surface area contributed by atoms with Crippen LogP contribution in [0.1, 0.15) is 22.3 Å². The van der Waals surface area contributed by atoms with Crippen molar-refractivity contribution in [1.29, 1.82) is 0 Å². The first kappa shape index (κ1) is 20.9. The normalized spacial score (nSPS) is 11.1. The Morgan fingerprint density at radius 1 is 0.594 bits per heavy atom. The third kappa shape index (κ3) is 6.60. The van der Waals surface area contributed by atoms with Gasteiger partial charge in [0.25, 0.3) is 0 Å². The zero-order valence-corrected chi connectivity index (χ0v) is 17.4. The molecule has 0 unspecified atom stereocenters. The van der Waals surface area contributed by atoms with Gasteiger partial charge in [-0.3, -0.25) is 0 Å². The van der Waals surface area contributed by atoms with Crippen LogP contribution in [0.5, 0.6) is 11.8 Å². The van der Waals surface area contributed by atoms with Crippen molar-refractivity contribution in [1.82, 2.24) is 9.97 Å². The van der Waals surface area contributed by atoms with Gasteiger partial charge in [-0.2, -0.15) is 10.2 Å². The minimum absolute atomic E-state index is 0.440. The number of benzene rings is 2. The van der Waals surface area contributed by atoms with Crippen LogP contribution < -0.4 is 9.47 Å². The lowest BCUT2D eigenvalue weighted by Crippen LogP contribution is -1.97. The highest BCUT2D eigenvalue weighted by Gasteiger charge is 1.99. The van der Waals surface area contributed by atoms with E-state index in [2.05, 4.69) is 20.2 Å². The van der Waals surface area contributed by atoms with Gasteiger partial charge in [-0.05, 0) is 46.5 Å². The van der Waals surface area contributed by atoms with Crippen molar-refractivity contribution in [3.63, 3.8) is 0 Å². The summed E-state index contributed by atoms with van der Waals surface area (Å²) in [5, 5.41) is 8.34. The lowest BCUT2D eigenvalue weighted by molar-refractivity contribution is 0.294. The zero-order valence-electron chi connectivity index (χ0n) is 17.4. The molecule has 2 aromatic heterocycles. The van der Waals surface area contributed by atoms with Crippen LogP contribution in [0.3, 0.4) is 0 Å². The summed E-state index contributed by atoms with van der Waals surface area (Å²) in [6.45, 7) is 0.880. The molecule has 0 amide bonds. The SMILES string of the molecule is C(=N\N=C\c1cccc(COc2ccccn2)c1)/c1cccc(COc2ccccn2)c1. The fraction of sp³-hybridized carbons (Fsp3) is 0.0769. The number of hydrogen-bond acceptors (Lipinski definition) is 6. The van der Waals surface area contributed by atoms with Gasteiger partial charge in [-0.1, -0.05) is 48.5 Å². The predicted molar refractivity (Wildman–Crippen MR) is 125 cm³/mol. The molecule has 0 N–H and O–H groups in total. The average Bonchev–Trinajstić information content (AvgIpc) is 2.86. The van der Waals surface area contributed by atoms with Gasteiger partial charge in [-0.25, -0.2) is 9.97 Å². The van der Waals surface area contributed by atoms with Crippen LogP contribution in [0.2, 0.25) is 0 Å². The van der Waals surface area contributed by atoms with Crippen molar-refractivity contribution in [2.75, 3.05) is 0 Å². The van der Waals surface area contributed by atoms with Crippen molar-refractivity contribution in [2.24, 2.45) is 10.2 Å². The lowest BCUT2D eigenvalue weighted by Gasteiger charge is -2.05. The van der Waals surface area contributed by atoms with Crippen molar-refractivity contribution in [2.45, 2.75) is 13.2 Å². The second-order valence-corrected chi connectivity index (χ2v) is 6.89. The second-order valence-electron chi connectivity index (χ2n) is 6.89. The van der Waals surface area contributed by atoms with E-state index in [1.165, 1.54) is 0 Å². The summed E-state index contributed by atoms with van der Waals surface area (Å²) in [6, 6.07) is 27.1. The number of hydrogen-bond donors (Lipinski definition) is 0. The Bertz CT molecular complexity index is 1080. The average molecular weight is 422 g/mol. The Kier molecular flexibility index (Phi) is 7.31. The molecule has 0 aliphatic carbocycles. The minimum Gasteiger partial charge on any atom is -0.473 e. The molecule has 0 spiro atoms. The Labute approximate surface area is 186 Å². The molecule has 0 radical (unpaired) electrons. The highest BCUT2D eigenvalue weighted by molar-refractivity contribution is 5.82. The van der Waals surface area contributed by atoms with Crippen LogP contribution in [0.4, 0.5) is 0 Å². The molecule has 0 aliphatic rings. The molecule has 4 rings (SSSR count). The van der Waals surface area contributed by atoms with Gasteiger partial charge in [0, 0.05) is 24.5 Å². The number of pyridine rings is 2. The first-order chi connectivity index (χ1) is 15.8. The third-order valence-electron chi connectivity index (χ3n) is 4.43. The molecule has 158 valence electrons. The topological polar surface area (TPSA) is 69.0 Å². The maximum absolute atomic E-state index is 5.69. The standard InChI is InChI=1S/C26H22N4O2/c1-3-13-27-25(11-1)31-19-23-9-5-7-21(15-23)17-29-30-18-22-8-6-10-24(16-22)20-32-26-12-2-4-14-28-26/h1-18H,19-20H2/b29-17+,30-18+. The van der Waals surface area contributed by atoms with Crippen LogP contribution in [-0.2, 0) is 13.2 Å². The maximum Gasteiger partial charge on any atom is 0.213 e. The summed E-state index contributed by atoms with van der Waals surface area (Å²) < 4.78 is 11.4. The molecule has 0 aliphatic heterocycles. The molecule has 2 heterocycles. The monoisotopic (exact) mass is 422 g/mol. The molecule has 0 saturated heterocycles. The minimum atomic E-state index is 0.440. The van der Waals surface area contributed by atoms with E-state index in [0.717, 1.165) is 22.3 Å². The quantitative estimate of drug-likeness (QED) is 0.278. The molecule has 6 nitrogen and oxygen atoms in total. The molecular formula is C26H22N4O2. The van der Waals surface area contributed by atoms with Gasteiger partial charge in [0.2, 0.25) is 11.8 Å². The number of ether oxygens (including phenoxy) is 2. The molecule has 0 saturated carbocycles. The number of rotatable bonds is 9. The van der Waals surface area contributed by atoms with Crippen molar-refractivity contribution in [3.8, 4) is 11.8 Å². The molecular weight excluding hydrogens is 400 g/mol. The van der Waals surface area contributed by atoms with E-state index >= 15 is 0 Å². The Balaban J connectivity index is 1.31. The Morgan fingerprint density at radius 3 is 1.53 bits per heavy atom. The van der Waals surface area contributed by atoms with Gasteiger partial charge in [0.1, 0.15) is 13.2 Å². The molecule has 0 atom stereocenters. The van der Waals surface area contributed by atoms with Crippen LogP contribution in [0.15, 0.2) is 108 Å². The van der Waals surface area contributed by atoms with Crippen LogP contribution in [-0.4, -0.2) is 22.4 Å². The van der Waals surface area contributed by atoms with Crippen LogP contribution in [0, 0.1) is 0 Å². The van der Waals surface area contributed by atoms with E-state index < -0.39 is 0 Å². The summed E-state index contributed by atoms with van der Waals surface area (Å²) >= 11 is 0. The van der Waals surface area contributed by atoms with Crippen molar-refractivity contribution < 1.29 is 9.47 Å². The largest absolute Gasteiger partial charge is 0.473 e. The predicted octanol–water partition coefficient (Wildman–Crippen LogP) is 5.09. The summed E-state index contributed by atoms with van der Waals surface area (Å²) in [5.74, 6) is 1.20. The van der Waals surface area contributed by atoms with Crippen molar-refractivity contribution in [3.05, 3.63) is 120 Å². The van der Waals surface area contributed by atoms with E-state index in [4.69, 9.17) is 9.47 Å². The fourth-order valence-electron chi connectivity index (χ4n) is 2.91. The zero-order chi connectivity index (χ0) is 21.8. The van der Waals surface area contributed by atoms with Gasteiger partial charge >= 0.3 is 0 Å². The van der Waals surface area contributed by atoms with E-state index in [1.807, 2.05) is 84.9 Å². The van der Waals surface area contributed by atoms with Crippen LogP contribution >= 0.6 is 0 Å². The lowest BCUT2D eigenvalue weighted by atomic mass is 10.1. The van der Waals surface area contributed by atoms with Crippen LogP contribution in [0.25, 0.3) is 0 Å². The smallest absolute Gasteiger partial charge is 0.213 e. The first-order valence-electron chi connectivity index (χ1n) is 10.2. The fourth-order valence-corrected chi connectivity index (χ4v) is 2.91. The van der Waals surface area contributed by atoms with E-state index in [-0.39, 0.29) is 0 Å². The van der Waals surface area contributed by atoms with Gasteiger partial charge in [-0.15, -0.1) is 0 Å².